The zero-order valence-electron chi connectivity index (χ0n) is 13.7. The van der Waals surface area contributed by atoms with Crippen LogP contribution in [0.1, 0.15) is 11.5 Å². The van der Waals surface area contributed by atoms with Crippen LogP contribution >= 0.6 is 0 Å². The summed E-state index contributed by atoms with van der Waals surface area (Å²) in [5.74, 6) is 0.278. The number of carbonyl (C=O) groups excluding carboxylic acids is 1. The monoisotopic (exact) mass is 364 g/mol. The number of aryl methyl sites for hydroxylation is 1. The van der Waals surface area contributed by atoms with E-state index >= 15 is 0 Å². The average Bonchev–Trinajstić information content (AvgIpc) is 2.90. The molecule has 0 saturated heterocycles. The first-order valence-electron chi connectivity index (χ1n) is 7.66. The predicted molar refractivity (Wildman–Crippen MR) is 88.9 cm³/mol. The van der Waals surface area contributed by atoms with E-state index in [1.54, 1.807) is 0 Å². The average molecular weight is 364 g/mol. The molecular weight excluding hydrogens is 349 g/mol. The first-order valence-corrected chi connectivity index (χ1v) is 7.66. The lowest BCUT2D eigenvalue weighted by Gasteiger charge is -2.14. The number of amides is 2. The summed E-state index contributed by atoms with van der Waals surface area (Å²) < 4.78 is 43.0. The van der Waals surface area contributed by atoms with Crippen LogP contribution in [0.4, 0.5) is 23.7 Å². The summed E-state index contributed by atoms with van der Waals surface area (Å²) in [6.45, 7) is 1.96. The Morgan fingerprint density at radius 3 is 2.69 bits per heavy atom. The molecule has 0 bridgehead atoms. The maximum absolute atomic E-state index is 12.4. The van der Waals surface area contributed by atoms with Crippen LogP contribution in [-0.2, 0) is 6.54 Å². The molecule has 0 aliphatic heterocycles. The SMILES string of the molecule is Cc1nc(CNC(=O)Nc2ccccc2OC(F)(F)F)c2ccccn12. The highest BCUT2D eigenvalue weighted by Crippen LogP contribution is 2.29. The number of hydrogen-bond donors (Lipinski definition) is 2. The Morgan fingerprint density at radius 2 is 1.92 bits per heavy atom. The Labute approximate surface area is 146 Å². The lowest BCUT2D eigenvalue weighted by atomic mass is 10.3. The number of benzene rings is 1. The molecule has 3 rings (SSSR count). The maximum atomic E-state index is 12.4. The fraction of sp³-hybridized carbons (Fsp3) is 0.176. The summed E-state index contributed by atoms with van der Waals surface area (Å²) in [6, 6.07) is 10.2. The summed E-state index contributed by atoms with van der Waals surface area (Å²) in [5, 5.41) is 4.93. The summed E-state index contributed by atoms with van der Waals surface area (Å²) in [7, 11) is 0. The quantitative estimate of drug-likeness (QED) is 0.739. The molecule has 26 heavy (non-hydrogen) atoms. The minimum absolute atomic E-state index is 0.0896. The molecule has 2 aromatic heterocycles. The van der Waals surface area contributed by atoms with E-state index < -0.39 is 18.1 Å². The molecular formula is C17H15F3N4O2. The number of nitrogens with one attached hydrogen (secondary N) is 2. The van der Waals surface area contributed by atoms with E-state index in [9.17, 15) is 18.0 Å². The summed E-state index contributed by atoms with van der Waals surface area (Å²) in [6.07, 6.45) is -2.99. The minimum Gasteiger partial charge on any atom is -0.404 e. The number of nitrogens with zero attached hydrogens (tertiary/aromatic N) is 2. The van der Waals surface area contributed by atoms with E-state index in [0.717, 1.165) is 17.4 Å². The van der Waals surface area contributed by atoms with Gasteiger partial charge < -0.3 is 19.8 Å². The van der Waals surface area contributed by atoms with Crippen molar-refractivity contribution < 1.29 is 22.7 Å². The number of fused-ring (bicyclic) bond motifs is 1. The molecule has 9 heteroatoms. The maximum Gasteiger partial charge on any atom is 0.573 e. The van der Waals surface area contributed by atoms with Crippen LogP contribution in [0.5, 0.6) is 5.75 Å². The van der Waals surface area contributed by atoms with Crippen molar-refractivity contribution in [3.63, 3.8) is 0 Å². The standard InChI is InChI=1S/C17H15F3N4O2/c1-11-22-13(14-7-4-5-9-24(11)14)10-21-16(25)23-12-6-2-3-8-15(12)26-17(18,19)20/h2-9H,10H2,1H3,(H2,21,23,25). The van der Waals surface area contributed by atoms with Gasteiger partial charge in [-0.25, -0.2) is 9.78 Å². The van der Waals surface area contributed by atoms with Gasteiger partial charge in [0.1, 0.15) is 5.82 Å². The highest BCUT2D eigenvalue weighted by atomic mass is 19.4. The fourth-order valence-electron chi connectivity index (χ4n) is 2.51. The number of alkyl halides is 3. The topological polar surface area (TPSA) is 67.7 Å². The molecule has 0 spiro atoms. The Bertz CT molecular complexity index is 937. The van der Waals surface area contributed by atoms with Crippen LogP contribution in [0, 0.1) is 6.92 Å². The number of hydrogen-bond acceptors (Lipinski definition) is 3. The number of carbonyl (C=O) groups is 1. The highest BCUT2D eigenvalue weighted by molar-refractivity contribution is 5.90. The number of imidazole rings is 1. The molecule has 1 aromatic carbocycles. The molecule has 2 N–H and O–H groups in total. The zero-order valence-corrected chi connectivity index (χ0v) is 13.7. The summed E-state index contributed by atoms with van der Waals surface area (Å²) >= 11 is 0. The van der Waals surface area contributed by atoms with Gasteiger partial charge in [-0.3, -0.25) is 0 Å². The zero-order chi connectivity index (χ0) is 18.7. The van der Waals surface area contributed by atoms with Crippen molar-refractivity contribution in [1.82, 2.24) is 14.7 Å². The van der Waals surface area contributed by atoms with Gasteiger partial charge in [-0.05, 0) is 31.2 Å². The molecule has 0 radical (unpaired) electrons. The van der Waals surface area contributed by atoms with Gasteiger partial charge in [-0.2, -0.15) is 0 Å². The number of ether oxygens (including phenoxy) is 1. The van der Waals surface area contributed by atoms with E-state index in [2.05, 4.69) is 20.4 Å². The lowest BCUT2D eigenvalue weighted by molar-refractivity contribution is -0.274. The van der Waals surface area contributed by atoms with Crippen molar-refractivity contribution >= 4 is 17.2 Å². The van der Waals surface area contributed by atoms with Gasteiger partial charge in [-0.1, -0.05) is 18.2 Å². The third kappa shape index (κ3) is 4.05. The number of para-hydroxylation sites is 2. The van der Waals surface area contributed by atoms with Gasteiger partial charge >= 0.3 is 12.4 Å². The second kappa shape index (κ2) is 6.95. The molecule has 0 aliphatic carbocycles. The molecule has 0 atom stereocenters. The molecule has 0 saturated carbocycles. The number of halogens is 3. The van der Waals surface area contributed by atoms with Gasteiger partial charge in [0.25, 0.3) is 0 Å². The molecule has 2 heterocycles. The predicted octanol–water partition coefficient (Wildman–Crippen LogP) is 3.86. The van der Waals surface area contributed by atoms with Crippen LogP contribution in [0.3, 0.4) is 0 Å². The first kappa shape index (κ1) is 17.6. The van der Waals surface area contributed by atoms with E-state index in [0.29, 0.717) is 5.69 Å². The molecule has 0 fully saturated rings. The van der Waals surface area contributed by atoms with Crippen LogP contribution in [-0.4, -0.2) is 21.8 Å². The van der Waals surface area contributed by atoms with Gasteiger partial charge in [-0.15, -0.1) is 13.2 Å². The Hall–Kier alpha value is -3.23. The van der Waals surface area contributed by atoms with Crippen LogP contribution in [0.2, 0.25) is 0 Å². The van der Waals surface area contributed by atoms with Crippen molar-refractivity contribution in [2.24, 2.45) is 0 Å². The van der Waals surface area contributed by atoms with E-state index in [4.69, 9.17) is 0 Å². The number of pyridine rings is 1. The van der Waals surface area contributed by atoms with Crippen molar-refractivity contribution in [3.8, 4) is 5.75 Å². The normalized spacial score (nSPS) is 11.4. The lowest BCUT2D eigenvalue weighted by Crippen LogP contribution is -2.29. The van der Waals surface area contributed by atoms with Crippen LogP contribution < -0.4 is 15.4 Å². The molecule has 136 valence electrons. The molecule has 0 unspecified atom stereocenters. The van der Waals surface area contributed by atoms with Gasteiger partial charge in [0.05, 0.1) is 23.4 Å². The third-order valence-electron chi connectivity index (χ3n) is 3.58. The Morgan fingerprint density at radius 1 is 1.19 bits per heavy atom. The fourth-order valence-corrected chi connectivity index (χ4v) is 2.51. The Kier molecular flexibility index (Phi) is 4.70. The van der Waals surface area contributed by atoms with E-state index in [1.807, 2.05) is 35.7 Å². The second-order valence-electron chi connectivity index (χ2n) is 5.41. The second-order valence-corrected chi connectivity index (χ2v) is 5.41. The van der Waals surface area contributed by atoms with Crippen LogP contribution in [0.25, 0.3) is 5.52 Å². The number of rotatable bonds is 4. The highest BCUT2D eigenvalue weighted by Gasteiger charge is 2.32. The number of anilines is 1. The summed E-state index contributed by atoms with van der Waals surface area (Å²) in [5.41, 5.74) is 1.40. The van der Waals surface area contributed by atoms with Crippen LogP contribution in [0.15, 0.2) is 48.7 Å². The van der Waals surface area contributed by atoms with E-state index in [-0.39, 0.29) is 12.2 Å². The minimum atomic E-state index is -4.85. The summed E-state index contributed by atoms with van der Waals surface area (Å²) in [4.78, 5) is 16.4. The smallest absolute Gasteiger partial charge is 0.404 e. The first-order chi connectivity index (χ1) is 12.3. The molecule has 3 aromatic rings. The number of aromatic nitrogens is 2. The third-order valence-corrected chi connectivity index (χ3v) is 3.58. The molecule has 2 amide bonds. The molecule has 0 aliphatic rings. The van der Waals surface area contributed by atoms with Crippen molar-refractivity contribution in [2.45, 2.75) is 19.8 Å². The van der Waals surface area contributed by atoms with Gasteiger partial charge in [0.2, 0.25) is 0 Å². The molecule has 6 nitrogen and oxygen atoms in total. The van der Waals surface area contributed by atoms with Crippen molar-refractivity contribution in [3.05, 3.63) is 60.2 Å². The van der Waals surface area contributed by atoms with Gasteiger partial charge in [0, 0.05) is 6.20 Å². The van der Waals surface area contributed by atoms with Crippen molar-refractivity contribution in [1.29, 1.82) is 0 Å². The van der Waals surface area contributed by atoms with Crippen molar-refractivity contribution in [2.75, 3.05) is 5.32 Å². The van der Waals surface area contributed by atoms with E-state index in [1.165, 1.54) is 18.2 Å². The van der Waals surface area contributed by atoms with Gasteiger partial charge in [0.15, 0.2) is 5.75 Å². The largest absolute Gasteiger partial charge is 0.573 e. The number of urea groups is 1. The Balaban J connectivity index is 1.68.